The van der Waals surface area contributed by atoms with Gasteiger partial charge in [0.25, 0.3) is 5.91 Å². The van der Waals surface area contributed by atoms with E-state index in [-0.39, 0.29) is 11.6 Å². The predicted octanol–water partition coefficient (Wildman–Crippen LogP) is 3.91. The number of amides is 1. The number of hydrogen-bond acceptors (Lipinski definition) is 1. The van der Waals surface area contributed by atoms with Gasteiger partial charge in [0.2, 0.25) is 0 Å². The highest BCUT2D eigenvalue weighted by Gasteiger charge is 2.14. The van der Waals surface area contributed by atoms with Crippen LogP contribution in [-0.4, -0.2) is 11.9 Å². The van der Waals surface area contributed by atoms with E-state index in [1.807, 2.05) is 6.92 Å². The number of rotatable bonds is 6. The first kappa shape index (κ1) is 15.6. The average Bonchev–Trinajstić information content (AvgIpc) is 2.27. The molecule has 0 aliphatic carbocycles. The molecule has 1 N–H and O–H groups in total. The maximum Gasteiger partial charge on any atom is 0.254 e. The van der Waals surface area contributed by atoms with Gasteiger partial charge in [-0.1, -0.05) is 26.7 Å². The number of carbonyl (C=O) groups is 1. The highest BCUT2D eigenvalue weighted by atomic mass is 19.1. The van der Waals surface area contributed by atoms with E-state index < -0.39 is 17.5 Å². The highest BCUT2D eigenvalue weighted by Crippen LogP contribution is 2.11. The third kappa shape index (κ3) is 5.37. The highest BCUT2D eigenvalue weighted by molar-refractivity contribution is 5.94. The Hall–Kier alpha value is -1.45. The normalized spacial score (nSPS) is 12.5. The van der Waals surface area contributed by atoms with Gasteiger partial charge >= 0.3 is 0 Å². The summed E-state index contributed by atoms with van der Waals surface area (Å²) in [6, 6.07) is 2.95. The summed E-state index contributed by atoms with van der Waals surface area (Å²) in [6.45, 7) is 6.19. The topological polar surface area (TPSA) is 29.1 Å². The number of nitrogens with one attached hydrogen (secondary N) is 1. The van der Waals surface area contributed by atoms with Crippen LogP contribution in [0, 0.1) is 17.6 Å². The smallest absolute Gasteiger partial charge is 0.254 e. The Morgan fingerprint density at radius 2 is 1.89 bits per heavy atom. The van der Waals surface area contributed by atoms with Gasteiger partial charge in [0, 0.05) is 12.1 Å². The molecule has 0 heterocycles. The fourth-order valence-corrected chi connectivity index (χ4v) is 1.88. The molecule has 19 heavy (non-hydrogen) atoms. The maximum absolute atomic E-state index is 13.4. The second kappa shape index (κ2) is 7.22. The first-order chi connectivity index (χ1) is 8.90. The zero-order valence-corrected chi connectivity index (χ0v) is 11.7. The molecule has 0 aromatic heterocycles. The van der Waals surface area contributed by atoms with Crippen molar-refractivity contribution in [1.29, 1.82) is 0 Å². The first-order valence-electron chi connectivity index (χ1n) is 6.66. The van der Waals surface area contributed by atoms with E-state index in [9.17, 15) is 13.6 Å². The fraction of sp³-hybridized carbons (Fsp3) is 0.533. The van der Waals surface area contributed by atoms with E-state index in [4.69, 9.17) is 0 Å². The number of benzene rings is 1. The number of carbonyl (C=O) groups excluding carboxylic acids is 1. The van der Waals surface area contributed by atoms with E-state index in [1.165, 1.54) is 6.07 Å². The molecule has 0 saturated carbocycles. The second-order valence-corrected chi connectivity index (χ2v) is 5.32. The van der Waals surface area contributed by atoms with Crippen LogP contribution < -0.4 is 5.32 Å². The molecule has 0 fully saturated rings. The summed E-state index contributed by atoms with van der Waals surface area (Å²) in [5, 5.41) is 2.73. The molecular weight excluding hydrogens is 248 g/mol. The molecule has 4 heteroatoms. The monoisotopic (exact) mass is 269 g/mol. The maximum atomic E-state index is 13.4. The molecule has 0 bridgehead atoms. The molecule has 106 valence electrons. The molecule has 0 aliphatic heterocycles. The largest absolute Gasteiger partial charge is 0.349 e. The van der Waals surface area contributed by atoms with Crippen LogP contribution in [0.25, 0.3) is 0 Å². The van der Waals surface area contributed by atoms with Crippen LogP contribution in [0.3, 0.4) is 0 Å². The molecule has 0 radical (unpaired) electrons. The molecule has 1 atom stereocenters. The summed E-state index contributed by atoms with van der Waals surface area (Å²) in [5.74, 6) is -1.36. The minimum absolute atomic E-state index is 0.0179. The summed E-state index contributed by atoms with van der Waals surface area (Å²) in [4.78, 5) is 11.8. The Morgan fingerprint density at radius 1 is 1.21 bits per heavy atom. The molecule has 0 spiro atoms. The van der Waals surface area contributed by atoms with Crippen LogP contribution in [0.4, 0.5) is 8.78 Å². The third-order valence-corrected chi connectivity index (χ3v) is 2.97. The molecule has 1 unspecified atom stereocenters. The van der Waals surface area contributed by atoms with Crippen molar-refractivity contribution in [3.8, 4) is 0 Å². The minimum Gasteiger partial charge on any atom is -0.349 e. The lowest BCUT2D eigenvalue weighted by Gasteiger charge is -2.14. The molecule has 1 amide bonds. The van der Waals surface area contributed by atoms with Gasteiger partial charge in [0.15, 0.2) is 0 Å². The standard InChI is InChI=1S/C15H21F2NO/c1-10(2)5-4-6-11(3)18-15(19)13-8-7-12(16)9-14(13)17/h7-11H,4-6H2,1-3H3,(H,18,19). The van der Waals surface area contributed by atoms with Crippen molar-refractivity contribution in [3.63, 3.8) is 0 Å². The van der Waals surface area contributed by atoms with Crippen LogP contribution >= 0.6 is 0 Å². The lowest BCUT2D eigenvalue weighted by molar-refractivity contribution is 0.0933. The Kier molecular flexibility index (Phi) is 5.93. The van der Waals surface area contributed by atoms with Crippen molar-refractivity contribution in [2.24, 2.45) is 5.92 Å². The fourth-order valence-electron chi connectivity index (χ4n) is 1.88. The zero-order valence-electron chi connectivity index (χ0n) is 11.7. The summed E-state index contributed by atoms with van der Waals surface area (Å²) >= 11 is 0. The van der Waals surface area contributed by atoms with Crippen molar-refractivity contribution < 1.29 is 13.6 Å². The van der Waals surface area contributed by atoms with Gasteiger partial charge in [0.1, 0.15) is 11.6 Å². The van der Waals surface area contributed by atoms with Crippen LogP contribution in [-0.2, 0) is 0 Å². The zero-order chi connectivity index (χ0) is 14.4. The van der Waals surface area contributed by atoms with Gasteiger partial charge < -0.3 is 5.32 Å². The van der Waals surface area contributed by atoms with Crippen LogP contribution in [0.15, 0.2) is 18.2 Å². The summed E-state index contributed by atoms with van der Waals surface area (Å²) in [7, 11) is 0. The summed E-state index contributed by atoms with van der Waals surface area (Å²) in [6.07, 6.45) is 2.98. The molecule has 1 aromatic rings. The van der Waals surface area contributed by atoms with E-state index in [0.717, 1.165) is 31.4 Å². The van der Waals surface area contributed by atoms with Crippen molar-refractivity contribution in [2.45, 2.75) is 46.1 Å². The lowest BCUT2D eigenvalue weighted by atomic mass is 10.0. The van der Waals surface area contributed by atoms with Gasteiger partial charge in [-0.25, -0.2) is 8.78 Å². The Balaban J connectivity index is 2.50. The van der Waals surface area contributed by atoms with Crippen molar-refractivity contribution in [3.05, 3.63) is 35.4 Å². The van der Waals surface area contributed by atoms with E-state index in [1.54, 1.807) is 0 Å². The van der Waals surface area contributed by atoms with Gasteiger partial charge in [-0.2, -0.15) is 0 Å². The first-order valence-corrected chi connectivity index (χ1v) is 6.66. The van der Waals surface area contributed by atoms with Gasteiger partial charge in [-0.05, 0) is 31.4 Å². The predicted molar refractivity (Wildman–Crippen MR) is 72.0 cm³/mol. The quantitative estimate of drug-likeness (QED) is 0.833. The Morgan fingerprint density at radius 3 is 2.47 bits per heavy atom. The molecule has 2 nitrogen and oxygen atoms in total. The number of halogens is 2. The molecule has 0 aliphatic rings. The van der Waals surface area contributed by atoms with Crippen LogP contribution in [0.5, 0.6) is 0 Å². The molecule has 0 saturated heterocycles. The number of hydrogen-bond donors (Lipinski definition) is 1. The van der Waals surface area contributed by atoms with E-state index >= 15 is 0 Å². The lowest BCUT2D eigenvalue weighted by Crippen LogP contribution is -2.33. The Bertz CT molecular complexity index is 432. The van der Waals surface area contributed by atoms with E-state index in [0.29, 0.717) is 5.92 Å². The molecular formula is C15H21F2NO. The average molecular weight is 269 g/mol. The Labute approximate surface area is 113 Å². The SMILES string of the molecule is CC(C)CCCC(C)NC(=O)c1ccc(F)cc1F. The van der Waals surface area contributed by atoms with Gasteiger partial charge in [-0.3, -0.25) is 4.79 Å². The van der Waals surface area contributed by atoms with Crippen molar-refractivity contribution in [2.75, 3.05) is 0 Å². The van der Waals surface area contributed by atoms with Crippen molar-refractivity contribution >= 4 is 5.91 Å². The van der Waals surface area contributed by atoms with Gasteiger partial charge in [-0.15, -0.1) is 0 Å². The van der Waals surface area contributed by atoms with Gasteiger partial charge in [0.05, 0.1) is 5.56 Å². The van der Waals surface area contributed by atoms with Crippen molar-refractivity contribution in [1.82, 2.24) is 5.32 Å². The minimum atomic E-state index is -0.827. The summed E-state index contributed by atoms with van der Waals surface area (Å²) in [5.41, 5.74) is -0.114. The van der Waals surface area contributed by atoms with Crippen LogP contribution in [0.2, 0.25) is 0 Å². The molecule has 1 aromatic carbocycles. The second-order valence-electron chi connectivity index (χ2n) is 5.32. The van der Waals surface area contributed by atoms with E-state index in [2.05, 4.69) is 19.2 Å². The third-order valence-electron chi connectivity index (χ3n) is 2.97. The summed E-state index contributed by atoms with van der Waals surface area (Å²) < 4.78 is 26.2. The van der Waals surface area contributed by atoms with Crippen LogP contribution in [0.1, 0.15) is 50.4 Å². The molecule has 1 rings (SSSR count).